The van der Waals surface area contributed by atoms with Gasteiger partial charge in [-0.05, 0) is 61.4 Å². The molecule has 0 atom stereocenters. The quantitative estimate of drug-likeness (QED) is 0.890. The van der Waals surface area contributed by atoms with Gasteiger partial charge >= 0.3 is 6.18 Å². The molecule has 136 valence electrons. The molecule has 0 aliphatic carbocycles. The van der Waals surface area contributed by atoms with Crippen LogP contribution in [-0.2, 0) is 6.18 Å². The van der Waals surface area contributed by atoms with Gasteiger partial charge in [0.05, 0.1) is 5.56 Å². The lowest BCUT2D eigenvalue weighted by atomic mass is 10.1. The first-order valence-corrected chi connectivity index (χ1v) is 8.22. The molecule has 3 rings (SSSR count). The number of carbonyl (C=O) groups excluding carboxylic acids is 2. The minimum atomic E-state index is -4.42. The number of rotatable bonds is 3. The molecule has 0 aromatic heterocycles. The summed E-state index contributed by atoms with van der Waals surface area (Å²) in [4.78, 5) is 26.2. The standard InChI is InChI=1S/C19H17F3N2O2/c20-19(21,22)15-7-9-16(10-8-15)23-17(25)13-3-5-14(6-4-13)18(26)24-11-1-2-12-24/h3-10H,1-2,11-12H2,(H,23,25). The van der Waals surface area contributed by atoms with Gasteiger partial charge in [0.1, 0.15) is 0 Å². The molecule has 2 aromatic rings. The molecule has 26 heavy (non-hydrogen) atoms. The maximum absolute atomic E-state index is 12.5. The number of likely N-dealkylation sites (tertiary alicyclic amines) is 1. The Labute approximate surface area is 148 Å². The maximum Gasteiger partial charge on any atom is 0.416 e. The number of carbonyl (C=O) groups is 2. The zero-order chi connectivity index (χ0) is 18.7. The van der Waals surface area contributed by atoms with Crippen LogP contribution in [0.15, 0.2) is 48.5 Å². The van der Waals surface area contributed by atoms with Crippen LogP contribution in [-0.4, -0.2) is 29.8 Å². The van der Waals surface area contributed by atoms with Crippen molar-refractivity contribution in [2.45, 2.75) is 19.0 Å². The van der Waals surface area contributed by atoms with Crippen LogP contribution in [0.4, 0.5) is 18.9 Å². The average molecular weight is 362 g/mol. The second-order valence-corrected chi connectivity index (χ2v) is 6.11. The van der Waals surface area contributed by atoms with Crippen molar-refractivity contribution in [1.82, 2.24) is 4.90 Å². The van der Waals surface area contributed by atoms with E-state index in [1.54, 1.807) is 17.0 Å². The predicted molar refractivity (Wildman–Crippen MR) is 91.0 cm³/mol. The Kier molecular flexibility index (Phi) is 4.97. The van der Waals surface area contributed by atoms with Crippen molar-refractivity contribution in [3.63, 3.8) is 0 Å². The third kappa shape index (κ3) is 4.04. The number of amides is 2. The van der Waals surface area contributed by atoms with Crippen LogP contribution >= 0.6 is 0 Å². The summed E-state index contributed by atoms with van der Waals surface area (Å²) in [6.07, 6.45) is -2.42. The number of alkyl halides is 3. The summed E-state index contributed by atoms with van der Waals surface area (Å²) in [7, 11) is 0. The number of anilines is 1. The maximum atomic E-state index is 12.5. The van der Waals surface area contributed by atoms with Crippen molar-refractivity contribution in [3.8, 4) is 0 Å². The first-order valence-electron chi connectivity index (χ1n) is 8.22. The number of nitrogens with one attached hydrogen (secondary N) is 1. The Hall–Kier alpha value is -2.83. The summed E-state index contributed by atoms with van der Waals surface area (Å²) in [6.45, 7) is 1.49. The molecular weight excluding hydrogens is 345 g/mol. The van der Waals surface area contributed by atoms with Crippen LogP contribution < -0.4 is 5.32 Å². The molecule has 2 amide bonds. The van der Waals surface area contributed by atoms with Crippen LogP contribution in [0.3, 0.4) is 0 Å². The molecule has 0 bridgehead atoms. The Morgan fingerprint density at radius 1 is 0.846 bits per heavy atom. The van der Waals surface area contributed by atoms with Gasteiger partial charge in [-0.2, -0.15) is 13.2 Å². The third-order valence-electron chi connectivity index (χ3n) is 4.26. The molecule has 7 heteroatoms. The molecule has 2 aromatic carbocycles. The molecule has 0 radical (unpaired) electrons. The van der Waals surface area contributed by atoms with E-state index in [0.29, 0.717) is 11.1 Å². The molecule has 1 N–H and O–H groups in total. The topological polar surface area (TPSA) is 49.4 Å². The normalized spacial score (nSPS) is 14.3. The van der Waals surface area contributed by atoms with Gasteiger partial charge in [0.25, 0.3) is 11.8 Å². The molecule has 4 nitrogen and oxygen atoms in total. The van der Waals surface area contributed by atoms with Gasteiger partial charge in [-0.3, -0.25) is 9.59 Å². The molecule has 0 unspecified atom stereocenters. The lowest BCUT2D eigenvalue weighted by molar-refractivity contribution is -0.137. The highest BCUT2D eigenvalue weighted by Crippen LogP contribution is 2.29. The fraction of sp³-hybridized carbons (Fsp3) is 0.263. The molecule has 1 aliphatic rings. The molecule has 1 aliphatic heterocycles. The van der Waals surface area contributed by atoms with E-state index in [9.17, 15) is 22.8 Å². The summed E-state index contributed by atoms with van der Waals surface area (Å²) in [5.74, 6) is -0.512. The number of hydrogen-bond donors (Lipinski definition) is 1. The minimum absolute atomic E-state index is 0.0582. The van der Waals surface area contributed by atoms with E-state index in [1.165, 1.54) is 24.3 Å². The van der Waals surface area contributed by atoms with Gasteiger partial charge in [0, 0.05) is 29.9 Å². The van der Waals surface area contributed by atoms with Crippen LogP contribution in [0.1, 0.15) is 39.1 Å². The van der Waals surface area contributed by atoms with E-state index in [0.717, 1.165) is 38.1 Å². The minimum Gasteiger partial charge on any atom is -0.339 e. The van der Waals surface area contributed by atoms with Crippen LogP contribution in [0.25, 0.3) is 0 Å². The SMILES string of the molecule is O=C(Nc1ccc(C(F)(F)F)cc1)c1ccc(C(=O)N2CCCC2)cc1. The highest BCUT2D eigenvalue weighted by atomic mass is 19.4. The van der Waals surface area contributed by atoms with Gasteiger partial charge < -0.3 is 10.2 Å². The fourth-order valence-electron chi connectivity index (χ4n) is 2.81. The predicted octanol–water partition coefficient (Wildman–Crippen LogP) is 4.19. The lowest BCUT2D eigenvalue weighted by Gasteiger charge is -2.15. The van der Waals surface area contributed by atoms with Crippen molar-refractivity contribution < 1.29 is 22.8 Å². The highest BCUT2D eigenvalue weighted by Gasteiger charge is 2.30. The fourth-order valence-corrected chi connectivity index (χ4v) is 2.81. The highest BCUT2D eigenvalue weighted by molar-refractivity contribution is 6.05. The molecular formula is C19H17F3N2O2. The monoisotopic (exact) mass is 362 g/mol. The Balaban J connectivity index is 1.65. The number of halogens is 3. The lowest BCUT2D eigenvalue weighted by Crippen LogP contribution is -2.27. The molecule has 0 saturated carbocycles. The zero-order valence-electron chi connectivity index (χ0n) is 13.8. The van der Waals surface area contributed by atoms with E-state index in [2.05, 4.69) is 5.32 Å². The Morgan fingerprint density at radius 3 is 1.92 bits per heavy atom. The van der Waals surface area contributed by atoms with Gasteiger partial charge in [0.2, 0.25) is 0 Å². The van der Waals surface area contributed by atoms with Crippen molar-refractivity contribution >= 4 is 17.5 Å². The van der Waals surface area contributed by atoms with E-state index in [1.807, 2.05) is 0 Å². The van der Waals surface area contributed by atoms with Crippen LogP contribution in [0.2, 0.25) is 0 Å². The van der Waals surface area contributed by atoms with E-state index in [4.69, 9.17) is 0 Å². The Bertz CT molecular complexity index is 793. The smallest absolute Gasteiger partial charge is 0.339 e. The molecule has 1 fully saturated rings. The first kappa shape index (κ1) is 18.0. The van der Waals surface area contributed by atoms with Crippen LogP contribution in [0.5, 0.6) is 0 Å². The van der Waals surface area contributed by atoms with E-state index in [-0.39, 0.29) is 11.6 Å². The van der Waals surface area contributed by atoms with Crippen molar-refractivity contribution in [3.05, 3.63) is 65.2 Å². The number of benzene rings is 2. The largest absolute Gasteiger partial charge is 0.416 e. The summed E-state index contributed by atoms with van der Waals surface area (Å²) in [5, 5.41) is 2.54. The van der Waals surface area contributed by atoms with E-state index < -0.39 is 17.6 Å². The van der Waals surface area contributed by atoms with Gasteiger partial charge in [0.15, 0.2) is 0 Å². The van der Waals surface area contributed by atoms with Gasteiger partial charge in [-0.25, -0.2) is 0 Å². The van der Waals surface area contributed by atoms with Crippen molar-refractivity contribution in [1.29, 1.82) is 0 Å². The van der Waals surface area contributed by atoms with Crippen molar-refractivity contribution in [2.24, 2.45) is 0 Å². The average Bonchev–Trinajstić information content (AvgIpc) is 3.15. The second kappa shape index (κ2) is 7.19. The molecule has 1 saturated heterocycles. The zero-order valence-corrected chi connectivity index (χ0v) is 13.8. The summed E-state index contributed by atoms with van der Waals surface area (Å²) in [5.41, 5.74) is 0.321. The molecule has 0 spiro atoms. The van der Waals surface area contributed by atoms with E-state index >= 15 is 0 Å². The third-order valence-corrected chi connectivity index (χ3v) is 4.26. The number of hydrogen-bond acceptors (Lipinski definition) is 2. The summed E-state index contributed by atoms with van der Waals surface area (Å²) >= 11 is 0. The van der Waals surface area contributed by atoms with Gasteiger partial charge in [-0.15, -0.1) is 0 Å². The summed E-state index contributed by atoms with van der Waals surface area (Å²) in [6, 6.07) is 10.5. The van der Waals surface area contributed by atoms with Crippen molar-refractivity contribution in [2.75, 3.05) is 18.4 Å². The van der Waals surface area contributed by atoms with Crippen LogP contribution in [0, 0.1) is 0 Å². The van der Waals surface area contributed by atoms with Gasteiger partial charge in [-0.1, -0.05) is 0 Å². The first-order chi connectivity index (χ1) is 12.3. The second-order valence-electron chi connectivity index (χ2n) is 6.11. The summed E-state index contributed by atoms with van der Waals surface area (Å²) < 4.78 is 37.6. The number of nitrogens with zero attached hydrogens (tertiary/aromatic N) is 1. The Morgan fingerprint density at radius 2 is 1.38 bits per heavy atom. The molecule has 1 heterocycles.